The second-order valence-corrected chi connectivity index (χ2v) is 7.50. The largest absolute Gasteiger partial charge is 0.378 e. The molecule has 0 spiro atoms. The highest BCUT2D eigenvalue weighted by Crippen LogP contribution is 2.33. The normalized spacial score (nSPS) is 15.7. The Morgan fingerprint density at radius 2 is 2.07 bits per heavy atom. The minimum absolute atomic E-state index is 0.143. The zero-order valence-electron chi connectivity index (χ0n) is 15.2. The summed E-state index contributed by atoms with van der Waals surface area (Å²) in [5, 5.41) is 3.66. The van der Waals surface area contributed by atoms with Gasteiger partial charge in [-0.1, -0.05) is 0 Å². The molecule has 3 N–H and O–H groups in total. The van der Waals surface area contributed by atoms with Gasteiger partial charge in [0.25, 0.3) is 11.5 Å². The number of anilines is 2. The van der Waals surface area contributed by atoms with Crippen molar-refractivity contribution >= 4 is 50.6 Å². The number of aromatic amines is 2. The molecule has 2 aliphatic rings. The molecule has 3 aromatic rings. The number of carbonyl (C=O) groups is 1. The predicted octanol–water partition coefficient (Wildman–Crippen LogP) is 1.56. The quantitative estimate of drug-likeness (QED) is 0.547. The first-order valence-electron chi connectivity index (χ1n) is 9.04. The molecule has 0 saturated carbocycles. The van der Waals surface area contributed by atoms with Crippen molar-refractivity contribution in [1.29, 1.82) is 0 Å². The number of hydrogen-bond donors (Lipinski definition) is 3. The maximum absolute atomic E-state index is 12.9. The van der Waals surface area contributed by atoms with E-state index in [4.69, 9.17) is 4.74 Å². The van der Waals surface area contributed by atoms with Crippen molar-refractivity contribution < 1.29 is 9.53 Å². The van der Waals surface area contributed by atoms with Gasteiger partial charge in [0, 0.05) is 30.6 Å². The number of fused-ring (bicyclic) bond motifs is 2. The molecule has 148 valence electrons. The van der Waals surface area contributed by atoms with Gasteiger partial charge in [-0.25, -0.2) is 9.97 Å². The van der Waals surface area contributed by atoms with Crippen LogP contribution in [0.15, 0.2) is 26.7 Å². The van der Waals surface area contributed by atoms with E-state index in [1.54, 1.807) is 17.2 Å². The van der Waals surface area contributed by atoms with Gasteiger partial charge in [0.2, 0.25) is 0 Å². The lowest BCUT2D eigenvalue weighted by Crippen LogP contribution is -2.40. The number of H-pyrrole nitrogens is 2. The van der Waals surface area contributed by atoms with Crippen LogP contribution in [0.1, 0.15) is 21.7 Å². The first-order valence-corrected chi connectivity index (χ1v) is 9.83. The van der Waals surface area contributed by atoms with Crippen LogP contribution in [-0.2, 0) is 11.3 Å². The van der Waals surface area contributed by atoms with Gasteiger partial charge in [-0.15, -0.1) is 0 Å². The highest BCUT2D eigenvalue weighted by Gasteiger charge is 2.25. The summed E-state index contributed by atoms with van der Waals surface area (Å²) in [4.78, 5) is 45.6. The van der Waals surface area contributed by atoms with Crippen LogP contribution >= 0.6 is 15.9 Å². The summed E-state index contributed by atoms with van der Waals surface area (Å²) in [6.45, 7) is 2.56. The topological polar surface area (TPSA) is 128 Å². The second-order valence-electron chi connectivity index (χ2n) is 6.71. The molecule has 5 rings (SSSR count). The fourth-order valence-electron chi connectivity index (χ4n) is 3.44. The van der Waals surface area contributed by atoms with Crippen molar-refractivity contribution in [3.05, 3.63) is 44.2 Å². The standard InChI is InChI=1S/C18H16BrN7O3/c19-13-12-15(23-10-5-9-6-20-7-11(9)24-17(10)27)21-8-22-16(12)25-14(13)18(28)26-1-3-29-4-2-26/h5-6,8H,1-4,7H2,(H,24,27)(H2,21,22,23,25). The third-order valence-electron chi connectivity index (χ3n) is 4.93. The Hall–Kier alpha value is -3.05. The van der Waals surface area contributed by atoms with Crippen LogP contribution < -0.4 is 10.9 Å². The van der Waals surface area contributed by atoms with E-state index in [1.807, 2.05) is 0 Å². The summed E-state index contributed by atoms with van der Waals surface area (Å²) in [6.07, 6.45) is 3.09. The van der Waals surface area contributed by atoms with Gasteiger partial charge in [0.1, 0.15) is 29.2 Å². The summed E-state index contributed by atoms with van der Waals surface area (Å²) in [5.41, 5.74) is 2.59. The van der Waals surface area contributed by atoms with Crippen molar-refractivity contribution in [3.63, 3.8) is 0 Å². The summed E-state index contributed by atoms with van der Waals surface area (Å²) >= 11 is 3.51. The predicted molar refractivity (Wildman–Crippen MR) is 110 cm³/mol. The maximum atomic E-state index is 12.9. The van der Waals surface area contributed by atoms with Crippen LogP contribution in [-0.4, -0.2) is 63.3 Å². The van der Waals surface area contributed by atoms with Gasteiger partial charge in [-0.2, -0.15) is 0 Å². The van der Waals surface area contributed by atoms with Gasteiger partial charge >= 0.3 is 0 Å². The van der Waals surface area contributed by atoms with Crippen LogP contribution in [0.2, 0.25) is 0 Å². The number of pyridine rings is 1. The van der Waals surface area contributed by atoms with Crippen LogP contribution in [0.4, 0.5) is 11.5 Å². The molecule has 0 atom stereocenters. The van der Waals surface area contributed by atoms with E-state index in [0.717, 1.165) is 11.3 Å². The van der Waals surface area contributed by atoms with Crippen molar-refractivity contribution in [2.75, 3.05) is 31.6 Å². The zero-order valence-corrected chi connectivity index (χ0v) is 16.7. The van der Waals surface area contributed by atoms with Crippen LogP contribution in [0, 0.1) is 0 Å². The number of rotatable bonds is 3. The summed E-state index contributed by atoms with van der Waals surface area (Å²) in [7, 11) is 0. The lowest BCUT2D eigenvalue weighted by Gasteiger charge is -2.26. The minimum atomic E-state index is -0.266. The van der Waals surface area contributed by atoms with Crippen molar-refractivity contribution in [2.24, 2.45) is 4.99 Å². The summed E-state index contributed by atoms with van der Waals surface area (Å²) in [6, 6.07) is 1.74. The molecule has 0 aromatic carbocycles. The van der Waals surface area contributed by atoms with E-state index in [2.05, 4.69) is 46.2 Å². The van der Waals surface area contributed by atoms with Gasteiger partial charge in [-0.05, 0) is 22.0 Å². The Labute approximate surface area is 172 Å². The molecule has 0 radical (unpaired) electrons. The number of aromatic nitrogens is 4. The molecule has 2 aliphatic heterocycles. The van der Waals surface area contributed by atoms with E-state index in [9.17, 15) is 9.59 Å². The molecule has 10 nitrogen and oxygen atoms in total. The Bertz CT molecular complexity index is 1210. The first kappa shape index (κ1) is 18.0. The van der Waals surface area contributed by atoms with E-state index >= 15 is 0 Å². The molecule has 1 fully saturated rings. The second kappa shape index (κ2) is 7.08. The van der Waals surface area contributed by atoms with E-state index in [-0.39, 0.29) is 11.5 Å². The van der Waals surface area contributed by atoms with Gasteiger partial charge in [-0.3, -0.25) is 14.6 Å². The molecule has 0 bridgehead atoms. The molecule has 11 heteroatoms. The highest BCUT2D eigenvalue weighted by molar-refractivity contribution is 9.10. The minimum Gasteiger partial charge on any atom is -0.378 e. The molecular weight excluding hydrogens is 442 g/mol. The lowest BCUT2D eigenvalue weighted by atomic mass is 10.2. The highest BCUT2D eigenvalue weighted by atomic mass is 79.9. The number of ether oxygens (including phenoxy) is 1. The fourth-order valence-corrected chi connectivity index (χ4v) is 4.08. The summed E-state index contributed by atoms with van der Waals surface area (Å²) < 4.78 is 5.86. The summed E-state index contributed by atoms with van der Waals surface area (Å²) in [5.74, 6) is 0.273. The number of aliphatic imine (C=N–C) groups is 1. The van der Waals surface area contributed by atoms with Crippen molar-refractivity contribution in [1.82, 2.24) is 24.8 Å². The average molecular weight is 458 g/mol. The maximum Gasteiger partial charge on any atom is 0.271 e. The molecule has 1 amide bonds. The van der Waals surface area contributed by atoms with E-state index < -0.39 is 0 Å². The molecule has 5 heterocycles. The molecule has 3 aromatic heterocycles. The Morgan fingerprint density at radius 3 is 2.90 bits per heavy atom. The monoisotopic (exact) mass is 457 g/mol. The third kappa shape index (κ3) is 3.12. The SMILES string of the molecule is O=C(c1[nH]c2ncnc(Nc3cc4c([nH]c3=O)CN=C4)c2c1Br)N1CCOCC1. The number of nitrogens with one attached hydrogen (secondary N) is 3. The van der Waals surface area contributed by atoms with Crippen LogP contribution in [0.3, 0.4) is 0 Å². The molecule has 29 heavy (non-hydrogen) atoms. The van der Waals surface area contributed by atoms with Crippen LogP contribution in [0.25, 0.3) is 11.0 Å². The first-order chi connectivity index (χ1) is 14.1. The van der Waals surface area contributed by atoms with Gasteiger partial charge in [0.05, 0.1) is 29.6 Å². The third-order valence-corrected chi connectivity index (χ3v) is 5.73. The molecular formula is C18H16BrN7O3. The number of nitrogens with zero attached hydrogens (tertiary/aromatic N) is 4. The smallest absolute Gasteiger partial charge is 0.271 e. The zero-order chi connectivity index (χ0) is 20.0. The van der Waals surface area contributed by atoms with Gasteiger partial charge in [0.15, 0.2) is 0 Å². The Kier molecular flexibility index (Phi) is 4.40. The number of carbonyl (C=O) groups excluding carboxylic acids is 1. The fraction of sp³-hybridized carbons (Fsp3) is 0.278. The number of morpholine rings is 1. The molecule has 1 saturated heterocycles. The van der Waals surface area contributed by atoms with Crippen LogP contribution in [0.5, 0.6) is 0 Å². The number of hydrogen-bond acceptors (Lipinski definition) is 7. The van der Waals surface area contributed by atoms with E-state index in [0.29, 0.717) is 65.6 Å². The number of halogens is 1. The van der Waals surface area contributed by atoms with Gasteiger partial charge < -0.3 is 24.9 Å². The Balaban J connectivity index is 1.54. The Morgan fingerprint density at radius 1 is 1.24 bits per heavy atom. The average Bonchev–Trinajstić information content (AvgIpc) is 3.33. The lowest BCUT2D eigenvalue weighted by molar-refractivity contribution is 0.0299. The molecule has 0 aliphatic carbocycles. The molecule has 0 unspecified atom stereocenters. The van der Waals surface area contributed by atoms with E-state index in [1.165, 1.54) is 6.33 Å². The van der Waals surface area contributed by atoms with Crippen molar-refractivity contribution in [2.45, 2.75) is 6.54 Å². The van der Waals surface area contributed by atoms with Crippen molar-refractivity contribution in [3.8, 4) is 0 Å². The number of amides is 1.